The molecule has 0 aliphatic heterocycles. The van der Waals surface area contributed by atoms with E-state index in [0.717, 1.165) is 11.8 Å². The highest BCUT2D eigenvalue weighted by Crippen LogP contribution is 2.49. The van der Waals surface area contributed by atoms with Crippen LogP contribution in [0.4, 0.5) is 0 Å². The second kappa shape index (κ2) is 2.66. The quantitative estimate of drug-likeness (QED) is 0.503. The van der Waals surface area contributed by atoms with Gasteiger partial charge in [-0.2, -0.15) is 0 Å². The van der Waals surface area contributed by atoms with Gasteiger partial charge in [-0.05, 0) is 30.1 Å². The fourth-order valence-corrected chi connectivity index (χ4v) is 2.57. The summed E-state index contributed by atoms with van der Waals surface area (Å²) < 4.78 is 0. The minimum Gasteiger partial charge on any atom is -0.0990 e. The van der Waals surface area contributed by atoms with Crippen molar-refractivity contribution in [1.82, 2.24) is 0 Å². The van der Waals surface area contributed by atoms with Crippen molar-refractivity contribution in [2.75, 3.05) is 0 Å². The fourth-order valence-electron chi connectivity index (χ4n) is 2.57. The van der Waals surface area contributed by atoms with Crippen molar-refractivity contribution in [3.8, 4) is 0 Å². The largest absolute Gasteiger partial charge is 0.0990 e. The van der Waals surface area contributed by atoms with Crippen molar-refractivity contribution in [3.63, 3.8) is 0 Å². The van der Waals surface area contributed by atoms with E-state index in [1.165, 1.54) is 18.4 Å². The molecule has 0 spiro atoms. The predicted molar refractivity (Wildman–Crippen MR) is 50.5 cm³/mol. The van der Waals surface area contributed by atoms with Crippen LogP contribution in [-0.4, -0.2) is 0 Å². The third kappa shape index (κ3) is 1.36. The molecule has 0 N–H and O–H groups in total. The lowest BCUT2D eigenvalue weighted by Gasteiger charge is -2.20. The van der Waals surface area contributed by atoms with E-state index in [0.29, 0.717) is 5.41 Å². The lowest BCUT2D eigenvalue weighted by atomic mass is 9.85. The molecule has 0 saturated heterocycles. The second-order valence-corrected chi connectivity index (χ2v) is 4.61. The zero-order valence-corrected chi connectivity index (χ0v) is 8.28. The third-order valence-electron chi connectivity index (χ3n) is 3.28. The van der Waals surface area contributed by atoms with Gasteiger partial charge in [-0.3, -0.25) is 0 Å². The van der Waals surface area contributed by atoms with E-state index in [1.54, 1.807) is 0 Å². The van der Waals surface area contributed by atoms with E-state index in [-0.39, 0.29) is 0 Å². The highest BCUT2D eigenvalue weighted by atomic mass is 14.4. The minimum absolute atomic E-state index is 0.403. The lowest BCUT2D eigenvalue weighted by Crippen LogP contribution is -2.08. The van der Waals surface area contributed by atoms with Gasteiger partial charge in [0.25, 0.3) is 0 Å². The van der Waals surface area contributed by atoms with Crippen molar-refractivity contribution in [1.29, 1.82) is 0 Å². The van der Waals surface area contributed by atoms with Crippen molar-refractivity contribution in [3.05, 3.63) is 12.2 Å². The summed E-state index contributed by atoms with van der Waals surface area (Å²) in [4.78, 5) is 0. The molecule has 1 rings (SSSR count). The van der Waals surface area contributed by atoms with Crippen LogP contribution in [0.15, 0.2) is 12.2 Å². The Bertz CT molecular complexity index is 165. The minimum atomic E-state index is 0.403. The first kappa shape index (κ1) is 8.83. The van der Waals surface area contributed by atoms with Crippen LogP contribution in [0.2, 0.25) is 0 Å². The molecule has 1 saturated carbocycles. The molecule has 0 aromatic rings. The van der Waals surface area contributed by atoms with Crippen LogP contribution in [0.25, 0.3) is 0 Å². The topological polar surface area (TPSA) is 0 Å². The molecule has 0 heteroatoms. The standard InChI is InChI=1S/C11H20/c1-6-10-8(2)7-11(4,5)9(10)3/h8,10H,3,6-7H2,1-2,4-5H3. The molecule has 0 aromatic heterocycles. The highest BCUT2D eigenvalue weighted by molar-refractivity contribution is 5.18. The summed E-state index contributed by atoms with van der Waals surface area (Å²) in [7, 11) is 0. The Balaban J connectivity index is 2.80. The average molecular weight is 152 g/mol. The van der Waals surface area contributed by atoms with Crippen LogP contribution in [-0.2, 0) is 0 Å². The van der Waals surface area contributed by atoms with Crippen molar-refractivity contribution < 1.29 is 0 Å². The van der Waals surface area contributed by atoms with Crippen LogP contribution >= 0.6 is 0 Å². The monoisotopic (exact) mass is 152 g/mol. The number of allylic oxidation sites excluding steroid dienone is 1. The van der Waals surface area contributed by atoms with E-state index in [2.05, 4.69) is 34.3 Å². The van der Waals surface area contributed by atoms with Gasteiger partial charge in [0.15, 0.2) is 0 Å². The molecule has 1 aliphatic carbocycles. The van der Waals surface area contributed by atoms with Gasteiger partial charge in [0.2, 0.25) is 0 Å². The summed E-state index contributed by atoms with van der Waals surface area (Å²) in [6, 6.07) is 0. The predicted octanol–water partition coefficient (Wildman–Crippen LogP) is 3.63. The number of rotatable bonds is 1. The second-order valence-electron chi connectivity index (χ2n) is 4.61. The van der Waals surface area contributed by atoms with Gasteiger partial charge >= 0.3 is 0 Å². The van der Waals surface area contributed by atoms with E-state index in [9.17, 15) is 0 Å². The van der Waals surface area contributed by atoms with Crippen molar-refractivity contribution >= 4 is 0 Å². The van der Waals surface area contributed by atoms with Crippen molar-refractivity contribution in [2.45, 2.75) is 40.5 Å². The molecule has 2 unspecified atom stereocenters. The molecule has 0 bridgehead atoms. The average Bonchev–Trinajstić information content (AvgIpc) is 2.04. The maximum absolute atomic E-state index is 4.21. The Morgan fingerprint density at radius 3 is 2.27 bits per heavy atom. The van der Waals surface area contributed by atoms with Crippen LogP contribution in [0.5, 0.6) is 0 Å². The zero-order valence-electron chi connectivity index (χ0n) is 8.28. The Hall–Kier alpha value is -0.260. The molecule has 1 fully saturated rings. The fraction of sp³-hybridized carbons (Fsp3) is 0.818. The molecule has 11 heavy (non-hydrogen) atoms. The molecule has 2 atom stereocenters. The first-order valence-electron chi connectivity index (χ1n) is 4.68. The Morgan fingerprint density at radius 2 is 2.09 bits per heavy atom. The molecule has 1 aliphatic rings. The normalized spacial score (nSPS) is 36.2. The molecule has 0 nitrogen and oxygen atoms in total. The van der Waals surface area contributed by atoms with Gasteiger partial charge in [0.05, 0.1) is 0 Å². The third-order valence-corrected chi connectivity index (χ3v) is 3.28. The van der Waals surface area contributed by atoms with Crippen molar-refractivity contribution in [2.24, 2.45) is 17.3 Å². The zero-order chi connectivity index (χ0) is 8.65. The van der Waals surface area contributed by atoms with Crippen LogP contribution in [0, 0.1) is 17.3 Å². The van der Waals surface area contributed by atoms with Crippen LogP contribution < -0.4 is 0 Å². The summed E-state index contributed by atoms with van der Waals surface area (Å²) in [6.45, 7) is 13.5. The Kier molecular flexibility index (Phi) is 2.13. The summed E-state index contributed by atoms with van der Waals surface area (Å²) >= 11 is 0. The van der Waals surface area contributed by atoms with E-state index in [4.69, 9.17) is 0 Å². The highest BCUT2D eigenvalue weighted by Gasteiger charge is 2.38. The van der Waals surface area contributed by atoms with Gasteiger partial charge in [0.1, 0.15) is 0 Å². The molecule has 64 valence electrons. The van der Waals surface area contributed by atoms with Gasteiger partial charge in [-0.25, -0.2) is 0 Å². The molecule has 0 amide bonds. The van der Waals surface area contributed by atoms with Crippen LogP contribution in [0.3, 0.4) is 0 Å². The van der Waals surface area contributed by atoms with Gasteiger partial charge < -0.3 is 0 Å². The summed E-state index contributed by atoms with van der Waals surface area (Å²) in [5.41, 5.74) is 1.88. The first-order valence-corrected chi connectivity index (χ1v) is 4.68. The lowest BCUT2D eigenvalue weighted by molar-refractivity contribution is 0.400. The number of hydrogen-bond donors (Lipinski definition) is 0. The van der Waals surface area contributed by atoms with Gasteiger partial charge in [-0.15, -0.1) is 0 Å². The molecular weight excluding hydrogens is 132 g/mol. The Morgan fingerprint density at radius 1 is 1.55 bits per heavy atom. The summed E-state index contributed by atoms with van der Waals surface area (Å²) in [6.07, 6.45) is 2.59. The smallest absolute Gasteiger partial charge is 0.0142 e. The van der Waals surface area contributed by atoms with E-state index < -0.39 is 0 Å². The SMILES string of the molecule is C=C1C(CC)C(C)CC1(C)C. The van der Waals surface area contributed by atoms with Crippen LogP contribution in [0.1, 0.15) is 40.5 Å². The van der Waals surface area contributed by atoms with E-state index >= 15 is 0 Å². The first-order chi connectivity index (χ1) is 4.99. The van der Waals surface area contributed by atoms with Gasteiger partial charge in [0, 0.05) is 0 Å². The maximum Gasteiger partial charge on any atom is -0.0142 e. The molecule has 0 heterocycles. The summed E-state index contributed by atoms with van der Waals surface area (Å²) in [5.74, 6) is 1.63. The molecular formula is C11H20. The number of hydrogen-bond acceptors (Lipinski definition) is 0. The molecule has 0 radical (unpaired) electrons. The Labute approximate surface area is 70.7 Å². The maximum atomic E-state index is 4.21. The molecule has 0 aromatic carbocycles. The summed E-state index contributed by atoms with van der Waals surface area (Å²) in [5, 5.41) is 0. The van der Waals surface area contributed by atoms with Gasteiger partial charge in [-0.1, -0.05) is 39.8 Å². The van der Waals surface area contributed by atoms with E-state index in [1.807, 2.05) is 0 Å².